The number of hydrogen-bond donors (Lipinski definition) is 2. The number of hydrogen-bond acceptors (Lipinski definition) is 3. The van der Waals surface area contributed by atoms with Gasteiger partial charge in [0.25, 0.3) is 10.0 Å². The molecule has 2 aromatic carbocycles. The molecule has 0 saturated heterocycles. The molecule has 0 unspecified atom stereocenters. The van der Waals surface area contributed by atoms with Crippen LogP contribution in [-0.2, 0) is 10.0 Å². The van der Waals surface area contributed by atoms with Gasteiger partial charge in [0.2, 0.25) is 0 Å². The molecule has 0 aliphatic heterocycles. The highest BCUT2D eigenvalue weighted by Crippen LogP contribution is 2.24. The highest BCUT2D eigenvalue weighted by molar-refractivity contribution is 9.10. The molecule has 0 saturated carbocycles. The van der Waals surface area contributed by atoms with Gasteiger partial charge in [-0.15, -0.1) is 0 Å². The summed E-state index contributed by atoms with van der Waals surface area (Å²) in [7, 11) is -4.49. The van der Waals surface area contributed by atoms with Crippen LogP contribution >= 0.6 is 15.9 Å². The van der Waals surface area contributed by atoms with Gasteiger partial charge in [0, 0.05) is 4.47 Å². The number of rotatable bonds is 4. The molecule has 9 heteroatoms. The fourth-order valence-electron chi connectivity index (χ4n) is 1.62. The summed E-state index contributed by atoms with van der Waals surface area (Å²) in [5, 5.41) is 8.83. The van der Waals surface area contributed by atoms with E-state index in [1.807, 2.05) is 4.72 Å². The van der Waals surface area contributed by atoms with Gasteiger partial charge in [-0.3, -0.25) is 4.72 Å². The first kappa shape index (κ1) is 16.4. The Bertz CT molecular complexity index is 855. The zero-order chi connectivity index (χ0) is 16.5. The van der Waals surface area contributed by atoms with Crippen molar-refractivity contribution in [2.75, 3.05) is 4.72 Å². The summed E-state index contributed by atoms with van der Waals surface area (Å²) in [4.78, 5) is 9.96. The lowest BCUT2D eigenvalue weighted by Gasteiger charge is -2.10. The molecule has 0 aliphatic carbocycles. The SMILES string of the molecule is O=C(O)c1ccc(F)c(S(=O)(=O)Nc2cc(Br)ccc2F)c1. The minimum absolute atomic E-state index is 0.394. The molecule has 2 aromatic rings. The normalized spacial score (nSPS) is 11.2. The van der Waals surface area contributed by atoms with Crippen molar-refractivity contribution in [2.24, 2.45) is 0 Å². The monoisotopic (exact) mass is 391 g/mol. The number of carbonyl (C=O) groups is 1. The quantitative estimate of drug-likeness (QED) is 0.837. The summed E-state index contributed by atoms with van der Waals surface area (Å²) in [6, 6.07) is 5.85. The van der Waals surface area contributed by atoms with Gasteiger partial charge in [-0.1, -0.05) is 15.9 Å². The number of benzene rings is 2. The van der Waals surface area contributed by atoms with Crippen molar-refractivity contribution in [3.63, 3.8) is 0 Å². The lowest BCUT2D eigenvalue weighted by Crippen LogP contribution is -2.16. The van der Waals surface area contributed by atoms with E-state index in [9.17, 15) is 22.0 Å². The molecule has 116 valence electrons. The second-order valence-corrected chi connectivity index (χ2v) is 6.75. The Labute approximate surface area is 132 Å². The van der Waals surface area contributed by atoms with Crippen LogP contribution in [0.25, 0.3) is 0 Å². The largest absolute Gasteiger partial charge is 0.478 e. The van der Waals surface area contributed by atoms with E-state index in [0.717, 1.165) is 24.3 Å². The van der Waals surface area contributed by atoms with Crippen LogP contribution in [0.4, 0.5) is 14.5 Å². The number of carboxylic acids is 1. The van der Waals surface area contributed by atoms with Gasteiger partial charge in [-0.25, -0.2) is 22.0 Å². The van der Waals surface area contributed by atoms with E-state index in [4.69, 9.17) is 5.11 Å². The first-order chi connectivity index (χ1) is 10.2. The van der Waals surface area contributed by atoms with Crippen molar-refractivity contribution in [1.82, 2.24) is 0 Å². The Kier molecular flexibility index (Phi) is 4.47. The topological polar surface area (TPSA) is 83.5 Å². The predicted octanol–water partition coefficient (Wildman–Crippen LogP) is 3.23. The lowest BCUT2D eigenvalue weighted by atomic mass is 10.2. The predicted molar refractivity (Wildman–Crippen MR) is 78.3 cm³/mol. The number of anilines is 1. The number of aromatic carboxylic acids is 1. The van der Waals surface area contributed by atoms with Gasteiger partial charge < -0.3 is 5.11 Å². The molecule has 0 radical (unpaired) electrons. The maximum atomic E-state index is 13.7. The number of halogens is 3. The molecule has 0 aliphatic rings. The van der Waals surface area contributed by atoms with Crippen LogP contribution < -0.4 is 4.72 Å². The summed E-state index contributed by atoms with van der Waals surface area (Å²) in [6.45, 7) is 0. The van der Waals surface area contributed by atoms with Crippen LogP contribution in [0.2, 0.25) is 0 Å². The fourth-order valence-corrected chi connectivity index (χ4v) is 3.14. The minimum Gasteiger partial charge on any atom is -0.478 e. The van der Waals surface area contributed by atoms with E-state index in [2.05, 4.69) is 15.9 Å². The van der Waals surface area contributed by atoms with E-state index < -0.39 is 43.8 Å². The Morgan fingerprint density at radius 2 is 1.73 bits per heavy atom. The van der Waals surface area contributed by atoms with Gasteiger partial charge in [-0.2, -0.15) is 0 Å². The van der Waals surface area contributed by atoms with Crippen molar-refractivity contribution in [3.8, 4) is 0 Å². The zero-order valence-electron chi connectivity index (χ0n) is 10.7. The molecule has 0 amide bonds. The van der Waals surface area contributed by atoms with Crippen molar-refractivity contribution < 1.29 is 27.1 Å². The smallest absolute Gasteiger partial charge is 0.335 e. The summed E-state index contributed by atoms with van der Waals surface area (Å²) in [6.07, 6.45) is 0. The van der Waals surface area contributed by atoms with Crippen LogP contribution in [0.1, 0.15) is 10.4 Å². The Morgan fingerprint density at radius 3 is 2.36 bits per heavy atom. The molecule has 0 fully saturated rings. The molecule has 0 aromatic heterocycles. The Morgan fingerprint density at radius 1 is 1.09 bits per heavy atom. The maximum Gasteiger partial charge on any atom is 0.335 e. The van der Waals surface area contributed by atoms with Crippen LogP contribution in [0, 0.1) is 11.6 Å². The minimum atomic E-state index is -4.49. The average molecular weight is 392 g/mol. The van der Waals surface area contributed by atoms with Crippen LogP contribution in [0.3, 0.4) is 0 Å². The summed E-state index contributed by atoms with van der Waals surface area (Å²) in [5.74, 6) is -3.42. The third kappa shape index (κ3) is 3.42. The van der Waals surface area contributed by atoms with E-state index in [1.54, 1.807) is 0 Å². The van der Waals surface area contributed by atoms with Gasteiger partial charge in [0.15, 0.2) is 0 Å². The average Bonchev–Trinajstić information content (AvgIpc) is 2.42. The van der Waals surface area contributed by atoms with E-state index >= 15 is 0 Å². The summed E-state index contributed by atoms with van der Waals surface area (Å²) in [5.41, 5.74) is -0.800. The standard InChI is InChI=1S/C13H8BrF2NO4S/c14-8-2-4-9(15)11(6-8)17-22(20,21)12-5-7(13(18)19)1-3-10(12)16/h1-6,17H,(H,18,19). The number of carboxylic acid groups (broad SMARTS) is 1. The zero-order valence-corrected chi connectivity index (χ0v) is 13.1. The summed E-state index contributed by atoms with van der Waals surface area (Å²) < 4.78 is 53.8. The highest BCUT2D eigenvalue weighted by Gasteiger charge is 2.22. The van der Waals surface area contributed by atoms with E-state index in [0.29, 0.717) is 10.5 Å². The van der Waals surface area contributed by atoms with Crippen LogP contribution in [0.15, 0.2) is 45.8 Å². The molecule has 0 spiro atoms. The second-order valence-electron chi connectivity index (χ2n) is 4.18. The lowest BCUT2D eigenvalue weighted by molar-refractivity contribution is 0.0696. The third-order valence-electron chi connectivity index (χ3n) is 2.64. The molecule has 2 N–H and O–H groups in total. The molecular formula is C13H8BrF2NO4S. The Hall–Kier alpha value is -2.00. The fraction of sp³-hybridized carbons (Fsp3) is 0. The van der Waals surface area contributed by atoms with Crippen molar-refractivity contribution in [2.45, 2.75) is 4.90 Å². The molecule has 0 atom stereocenters. The van der Waals surface area contributed by atoms with Crippen LogP contribution in [0.5, 0.6) is 0 Å². The van der Waals surface area contributed by atoms with Gasteiger partial charge >= 0.3 is 5.97 Å². The third-order valence-corrected chi connectivity index (χ3v) is 4.51. The van der Waals surface area contributed by atoms with Crippen molar-refractivity contribution in [1.29, 1.82) is 0 Å². The molecule has 2 rings (SSSR count). The van der Waals surface area contributed by atoms with E-state index in [-0.39, 0.29) is 0 Å². The highest BCUT2D eigenvalue weighted by atomic mass is 79.9. The molecule has 5 nitrogen and oxygen atoms in total. The second kappa shape index (κ2) is 6.01. The van der Waals surface area contributed by atoms with E-state index in [1.165, 1.54) is 6.07 Å². The summed E-state index contributed by atoms with van der Waals surface area (Å²) >= 11 is 3.05. The van der Waals surface area contributed by atoms with Gasteiger partial charge in [-0.05, 0) is 36.4 Å². The molecule has 0 heterocycles. The first-order valence-corrected chi connectivity index (χ1v) is 7.99. The van der Waals surface area contributed by atoms with Crippen LogP contribution in [-0.4, -0.2) is 19.5 Å². The van der Waals surface area contributed by atoms with Gasteiger partial charge in [0.05, 0.1) is 11.3 Å². The van der Waals surface area contributed by atoms with Crippen molar-refractivity contribution in [3.05, 3.63) is 58.1 Å². The number of nitrogens with one attached hydrogen (secondary N) is 1. The molecule has 22 heavy (non-hydrogen) atoms. The van der Waals surface area contributed by atoms with Gasteiger partial charge in [0.1, 0.15) is 16.5 Å². The molecular weight excluding hydrogens is 384 g/mol. The maximum absolute atomic E-state index is 13.7. The van der Waals surface area contributed by atoms with Crippen molar-refractivity contribution >= 4 is 37.6 Å². The number of sulfonamides is 1. The molecule has 0 bridgehead atoms. The first-order valence-electron chi connectivity index (χ1n) is 5.71. The Balaban J connectivity index is 2.49.